The standard InChI is InChI=1S/C38H47N3O8S3/c1-27(43)35(29-11-4-3-5-12-29)36(39)30-16-18-33(19-17-30)52(46,47)41-37(45)48-21-23-51-50-22-9-15-34(44)49-38(20-7-6-13-32(38)25-40-2)31-14-8-10-28(24-31)26-42/h3-5,8,10-12,14,16-19,24,32,39-40,42-43H,6-7,9,13,15,20-23,25-26H2,1-2H3,(H,41,45)/b35-27-,39-36?/t32-,38+/m1/s1. The summed E-state index contributed by atoms with van der Waals surface area (Å²) in [5.74, 6) is 0.901. The Bertz CT molecular complexity index is 1800. The van der Waals surface area contributed by atoms with Crippen molar-refractivity contribution in [1.29, 1.82) is 5.41 Å². The number of carbonyl (C=O) groups excluding carboxylic acids is 2. The van der Waals surface area contributed by atoms with Crippen LogP contribution in [0.1, 0.15) is 67.7 Å². The van der Waals surface area contributed by atoms with Crippen LogP contribution in [0, 0.1) is 11.3 Å². The number of nitrogens with one attached hydrogen (secondary N) is 3. The molecule has 0 heterocycles. The topological polar surface area (TPSA) is 175 Å². The maximum atomic E-state index is 13.1. The fourth-order valence-electron chi connectivity index (χ4n) is 6.33. The van der Waals surface area contributed by atoms with Crippen molar-refractivity contribution in [3.8, 4) is 0 Å². The average molecular weight is 770 g/mol. The van der Waals surface area contributed by atoms with Crippen molar-refractivity contribution in [1.82, 2.24) is 10.0 Å². The van der Waals surface area contributed by atoms with Gasteiger partial charge in [-0.3, -0.25) is 10.2 Å². The fraction of sp³-hybridized carbons (Fsp3) is 0.395. The number of allylic oxidation sites excluding steroid dienone is 2. The number of carbonyl (C=O) groups is 2. The summed E-state index contributed by atoms with van der Waals surface area (Å²) >= 11 is 0. The third kappa shape index (κ3) is 11.1. The van der Waals surface area contributed by atoms with E-state index in [2.05, 4.69) is 5.32 Å². The van der Waals surface area contributed by atoms with Crippen molar-refractivity contribution in [2.75, 3.05) is 31.7 Å². The molecule has 0 aliphatic heterocycles. The number of rotatable bonds is 18. The number of sulfonamides is 1. The van der Waals surface area contributed by atoms with Gasteiger partial charge in [-0.25, -0.2) is 17.9 Å². The Labute approximate surface area is 313 Å². The van der Waals surface area contributed by atoms with Crippen LogP contribution < -0.4 is 10.0 Å². The number of aliphatic hydroxyl groups is 2. The number of amides is 1. The molecule has 1 fully saturated rings. The summed E-state index contributed by atoms with van der Waals surface area (Å²) < 4.78 is 38.8. The lowest BCUT2D eigenvalue weighted by atomic mass is 9.71. The van der Waals surface area contributed by atoms with E-state index in [1.165, 1.54) is 52.8 Å². The second-order valence-electron chi connectivity index (χ2n) is 12.4. The van der Waals surface area contributed by atoms with Gasteiger partial charge in [0.1, 0.15) is 12.2 Å². The first-order valence-corrected chi connectivity index (χ1v) is 21.1. The summed E-state index contributed by atoms with van der Waals surface area (Å²) in [5, 5.41) is 31.8. The Morgan fingerprint density at radius 1 is 0.981 bits per heavy atom. The zero-order valence-electron chi connectivity index (χ0n) is 29.4. The first-order chi connectivity index (χ1) is 25.0. The molecule has 52 heavy (non-hydrogen) atoms. The second-order valence-corrected chi connectivity index (χ2v) is 16.8. The van der Waals surface area contributed by atoms with Gasteiger partial charge in [0.2, 0.25) is 0 Å². The van der Waals surface area contributed by atoms with Crippen molar-refractivity contribution in [2.24, 2.45) is 5.92 Å². The van der Waals surface area contributed by atoms with Crippen LogP contribution >= 0.6 is 21.6 Å². The Balaban J connectivity index is 1.18. The van der Waals surface area contributed by atoms with Crippen LogP contribution in [0.4, 0.5) is 4.79 Å². The molecule has 4 rings (SSSR count). The maximum absolute atomic E-state index is 13.1. The molecule has 11 nitrogen and oxygen atoms in total. The van der Waals surface area contributed by atoms with Crippen LogP contribution in [0.2, 0.25) is 0 Å². The number of hydrogen-bond acceptors (Lipinski definition) is 12. The van der Waals surface area contributed by atoms with E-state index >= 15 is 0 Å². The van der Waals surface area contributed by atoms with Crippen LogP contribution in [-0.2, 0) is 36.5 Å². The van der Waals surface area contributed by atoms with Crippen LogP contribution in [-0.4, -0.2) is 68.1 Å². The van der Waals surface area contributed by atoms with E-state index in [4.69, 9.17) is 14.9 Å². The summed E-state index contributed by atoms with van der Waals surface area (Å²) in [6.07, 6.45) is 3.45. The lowest BCUT2D eigenvalue weighted by molar-refractivity contribution is -0.173. The van der Waals surface area contributed by atoms with Gasteiger partial charge in [0, 0.05) is 41.5 Å². The smallest absolute Gasteiger partial charge is 0.421 e. The first kappa shape index (κ1) is 40.9. The first-order valence-electron chi connectivity index (χ1n) is 17.2. The highest BCUT2D eigenvalue weighted by Crippen LogP contribution is 2.45. The Hall–Kier alpha value is -3.82. The van der Waals surface area contributed by atoms with E-state index in [1.54, 1.807) is 24.3 Å². The molecular weight excluding hydrogens is 723 g/mol. The van der Waals surface area contributed by atoms with Gasteiger partial charge >= 0.3 is 12.1 Å². The second kappa shape index (κ2) is 19.9. The Morgan fingerprint density at radius 2 is 1.71 bits per heavy atom. The van der Waals surface area contributed by atoms with Crippen LogP contribution in [0.25, 0.3) is 5.57 Å². The average Bonchev–Trinajstić information content (AvgIpc) is 3.14. The number of esters is 1. The van der Waals surface area contributed by atoms with Gasteiger partial charge in [0.25, 0.3) is 10.0 Å². The third-order valence-corrected chi connectivity index (χ3v) is 12.6. The van der Waals surface area contributed by atoms with E-state index in [0.29, 0.717) is 41.2 Å². The third-order valence-electron chi connectivity index (χ3n) is 8.79. The highest BCUT2D eigenvalue weighted by atomic mass is 33.1. The van der Waals surface area contributed by atoms with Gasteiger partial charge in [0.05, 0.1) is 23.0 Å². The van der Waals surface area contributed by atoms with Crippen molar-refractivity contribution in [3.63, 3.8) is 0 Å². The molecule has 0 spiro atoms. The quantitative estimate of drug-likeness (QED) is 0.0297. The van der Waals surface area contributed by atoms with E-state index < -0.39 is 21.7 Å². The van der Waals surface area contributed by atoms with Crippen molar-refractivity contribution in [3.05, 3.63) is 107 Å². The lowest BCUT2D eigenvalue weighted by Gasteiger charge is -2.44. The van der Waals surface area contributed by atoms with Crippen LogP contribution in [0.3, 0.4) is 0 Å². The van der Waals surface area contributed by atoms with Crippen molar-refractivity contribution >= 4 is 55.0 Å². The van der Waals surface area contributed by atoms with Crippen LogP contribution in [0.15, 0.2) is 89.5 Å². The molecule has 3 aromatic carbocycles. The monoisotopic (exact) mass is 769 g/mol. The van der Waals surface area contributed by atoms with Gasteiger partial charge in [-0.05, 0) is 74.5 Å². The number of aliphatic hydroxyl groups excluding tert-OH is 2. The lowest BCUT2D eigenvalue weighted by Crippen LogP contribution is -2.46. The molecule has 5 N–H and O–H groups in total. The number of ether oxygens (including phenoxy) is 2. The molecule has 0 saturated heterocycles. The zero-order valence-corrected chi connectivity index (χ0v) is 31.9. The minimum Gasteiger partial charge on any atom is -0.512 e. The number of benzene rings is 3. The van der Waals surface area contributed by atoms with E-state index in [-0.39, 0.29) is 47.9 Å². The van der Waals surface area contributed by atoms with E-state index in [1.807, 2.05) is 42.1 Å². The van der Waals surface area contributed by atoms with E-state index in [0.717, 1.165) is 36.8 Å². The summed E-state index contributed by atoms with van der Waals surface area (Å²) in [4.78, 5) is 25.2. The van der Waals surface area contributed by atoms with Gasteiger partial charge in [-0.1, -0.05) is 88.7 Å². The molecule has 0 aromatic heterocycles. The molecule has 1 saturated carbocycles. The Morgan fingerprint density at radius 3 is 2.40 bits per heavy atom. The largest absolute Gasteiger partial charge is 0.512 e. The summed E-state index contributed by atoms with van der Waals surface area (Å²) in [7, 11) is 0.645. The maximum Gasteiger partial charge on any atom is 0.421 e. The minimum absolute atomic E-state index is 0.0185. The predicted octanol–water partition coefficient (Wildman–Crippen LogP) is 6.96. The predicted molar refractivity (Wildman–Crippen MR) is 207 cm³/mol. The minimum atomic E-state index is -4.22. The highest BCUT2D eigenvalue weighted by molar-refractivity contribution is 8.76. The molecular formula is C38H47N3O8S3. The summed E-state index contributed by atoms with van der Waals surface area (Å²) in [5.41, 5.74) is 2.34. The molecule has 1 aliphatic rings. The van der Waals surface area contributed by atoms with Gasteiger partial charge < -0.3 is 25.0 Å². The van der Waals surface area contributed by atoms with Crippen molar-refractivity contribution in [2.45, 2.75) is 62.6 Å². The molecule has 14 heteroatoms. The molecule has 0 radical (unpaired) electrons. The summed E-state index contributed by atoms with van der Waals surface area (Å²) in [6, 6.07) is 22.1. The normalized spacial score (nSPS) is 17.9. The zero-order chi connectivity index (χ0) is 37.6. The van der Waals surface area contributed by atoms with Gasteiger partial charge in [-0.15, -0.1) is 0 Å². The number of hydrogen-bond donors (Lipinski definition) is 5. The SMILES string of the molecule is CNC[C@H]1CCCC[C@]1(OC(=O)CCCSSCCOC(=O)NS(=O)(=O)c1ccc(C(=N)/C(=C(/C)O)c2ccccc2)cc1)c1cccc(CO)c1. The molecule has 280 valence electrons. The van der Waals surface area contributed by atoms with E-state index in [9.17, 15) is 28.2 Å². The molecule has 2 atom stereocenters. The van der Waals surface area contributed by atoms with Crippen molar-refractivity contribution < 1.29 is 37.7 Å². The van der Waals surface area contributed by atoms with Crippen LogP contribution in [0.5, 0.6) is 0 Å². The molecule has 0 bridgehead atoms. The fourth-order valence-corrected chi connectivity index (χ4v) is 9.14. The van der Waals surface area contributed by atoms with Gasteiger partial charge in [-0.2, -0.15) is 0 Å². The molecule has 1 amide bonds. The molecule has 0 unspecified atom stereocenters. The Kier molecular flexibility index (Phi) is 15.6. The highest BCUT2D eigenvalue weighted by Gasteiger charge is 2.45. The van der Waals surface area contributed by atoms with Gasteiger partial charge in [0.15, 0.2) is 0 Å². The molecule has 1 aliphatic carbocycles. The molecule has 3 aromatic rings. The summed E-state index contributed by atoms with van der Waals surface area (Å²) in [6.45, 7) is 2.10.